The molecule has 0 aromatic carbocycles. The summed E-state index contributed by atoms with van der Waals surface area (Å²) >= 11 is 1.28. The van der Waals surface area contributed by atoms with E-state index in [1.807, 2.05) is 6.92 Å². The second-order valence-electron chi connectivity index (χ2n) is 4.15. The van der Waals surface area contributed by atoms with Gasteiger partial charge in [-0.1, -0.05) is 6.92 Å². The number of carbonyl (C=O) groups is 2. The SMILES string of the molecule is CCCN(CC(=O)O)C(=O)c1cnc2sccn2c1=O. The van der Waals surface area contributed by atoms with E-state index in [-0.39, 0.29) is 12.1 Å². The maximum atomic E-state index is 12.3. The molecule has 2 heterocycles. The summed E-state index contributed by atoms with van der Waals surface area (Å²) in [6.07, 6.45) is 3.35. The van der Waals surface area contributed by atoms with Crippen LogP contribution in [0.1, 0.15) is 23.7 Å². The lowest BCUT2D eigenvalue weighted by Crippen LogP contribution is -2.39. The zero-order valence-electron chi connectivity index (χ0n) is 10.8. The predicted molar refractivity (Wildman–Crippen MR) is 73.2 cm³/mol. The highest BCUT2D eigenvalue weighted by Gasteiger charge is 2.21. The topological polar surface area (TPSA) is 92.0 Å². The van der Waals surface area contributed by atoms with E-state index in [2.05, 4.69) is 4.98 Å². The van der Waals surface area contributed by atoms with E-state index in [4.69, 9.17) is 5.11 Å². The van der Waals surface area contributed by atoms with Crippen LogP contribution in [0.4, 0.5) is 0 Å². The monoisotopic (exact) mass is 295 g/mol. The van der Waals surface area contributed by atoms with Gasteiger partial charge < -0.3 is 10.0 Å². The predicted octanol–water partition coefficient (Wildman–Crippen LogP) is 0.693. The molecular formula is C12H13N3O4S. The Kier molecular flexibility index (Phi) is 4.14. The lowest BCUT2D eigenvalue weighted by Gasteiger charge is -2.19. The molecule has 0 saturated heterocycles. The fraction of sp³-hybridized carbons (Fsp3) is 0.333. The summed E-state index contributed by atoms with van der Waals surface area (Å²) in [5, 5.41) is 10.5. The van der Waals surface area contributed by atoms with Gasteiger partial charge in [0.2, 0.25) is 0 Å². The minimum Gasteiger partial charge on any atom is -0.480 e. The van der Waals surface area contributed by atoms with Crippen molar-refractivity contribution in [1.82, 2.24) is 14.3 Å². The molecule has 8 heteroatoms. The first-order chi connectivity index (χ1) is 9.54. The fourth-order valence-corrected chi connectivity index (χ4v) is 2.50. The molecule has 1 N–H and O–H groups in total. The molecule has 2 aromatic rings. The molecule has 0 aliphatic carbocycles. The second kappa shape index (κ2) is 5.83. The lowest BCUT2D eigenvalue weighted by molar-refractivity contribution is -0.137. The average Bonchev–Trinajstić information content (AvgIpc) is 2.87. The number of thiazole rings is 1. The molecule has 0 aliphatic rings. The normalized spacial score (nSPS) is 10.7. The number of carboxylic acids is 1. The third kappa shape index (κ3) is 2.69. The van der Waals surface area contributed by atoms with E-state index < -0.39 is 24.0 Å². The van der Waals surface area contributed by atoms with Gasteiger partial charge in [-0.25, -0.2) is 4.98 Å². The number of amides is 1. The van der Waals surface area contributed by atoms with Crippen molar-refractivity contribution in [3.8, 4) is 0 Å². The molecule has 0 unspecified atom stereocenters. The molecular weight excluding hydrogens is 282 g/mol. The summed E-state index contributed by atoms with van der Waals surface area (Å²) in [6, 6.07) is 0. The van der Waals surface area contributed by atoms with Crippen LogP contribution in [0.15, 0.2) is 22.6 Å². The first kappa shape index (κ1) is 14.2. The summed E-state index contributed by atoms with van der Waals surface area (Å²) in [5.41, 5.74) is -0.594. The second-order valence-corrected chi connectivity index (χ2v) is 5.03. The van der Waals surface area contributed by atoms with E-state index in [1.165, 1.54) is 28.1 Å². The van der Waals surface area contributed by atoms with Gasteiger partial charge in [0, 0.05) is 24.3 Å². The van der Waals surface area contributed by atoms with Crippen LogP contribution in [-0.2, 0) is 4.79 Å². The Morgan fingerprint density at radius 1 is 1.50 bits per heavy atom. The number of fused-ring (bicyclic) bond motifs is 1. The first-order valence-electron chi connectivity index (χ1n) is 6.00. The molecule has 7 nitrogen and oxygen atoms in total. The van der Waals surface area contributed by atoms with Crippen LogP contribution < -0.4 is 5.56 Å². The van der Waals surface area contributed by atoms with Crippen molar-refractivity contribution < 1.29 is 14.7 Å². The molecule has 0 aliphatic heterocycles. The zero-order chi connectivity index (χ0) is 14.7. The van der Waals surface area contributed by atoms with Gasteiger partial charge in [0.25, 0.3) is 11.5 Å². The molecule has 0 saturated carbocycles. The molecule has 2 aromatic heterocycles. The molecule has 20 heavy (non-hydrogen) atoms. The first-order valence-corrected chi connectivity index (χ1v) is 6.88. The van der Waals surface area contributed by atoms with E-state index >= 15 is 0 Å². The van der Waals surface area contributed by atoms with Crippen molar-refractivity contribution in [1.29, 1.82) is 0 Å². The molecule has 0 fully saturated rings. The number of hydrogen-bond acceptors (Lipinski definition) is 5. The Hall–Kier alpha value is -2.22. The van der Waals surface area contributed by atoms with Crippen molar-refractivity contribution >= 4 is 28.2 Å². The van der Waals surface area contributed by atoms with Crippen molar-refractivity contribution in [2.45, 2.75) is 13.3 Å². The number of hydrogen-bond donors (Lipinski definition) is 1. The summed E-state index contributed by atoms with van der Waals surface area (Å²) in [4.78, 5) is 40.9. The molecule has 106 valence electrons. The number of rotatable bonds is 5. The van der Waals surface area contributed by atoms with Crippen LogP contribution in [0.5, 0.6) is 0 Å². The highest BCUT2D eigenvalue weighted by atomic mass is 32.1. The molecule has 0 spiro atoms. The van der Waals surface area contributed by atoms with Gasteiger partial charge >= 0.3 is 5.97 Å². The van der Waals surface area contributed by atoms with Crippen molar-refractivity contribution in [2.24, 2.45) is 0 Å². The Morgan fingerprint density at radius 3 is 2.90 bits per heavy atom. The smallest absolute Gasteiger partial charge is 0.323 e. The number of aromatic nitrogens is 2. The average molecular weight is 295 g/mol. The summed E-state index contributed by atoms with van der Waals surface area (Å²) in [5.74, 6) is -1.72. The maximum absolute atomic E-state index is 12.3. The largest absolute Gasteiger partial charge is 0.480 e. The van der Waals surface area contributed by atoms with Crippen LogP contribution in [0, 0.1) is 0 Å². The van der Waals surface area contributed by atoms with Gasteiger partial charge in [-0.15, -0.1) is 11.3 Å². The highest BCUT2D eigenvalue weighted by molar-refractivity contribution is 7.15. The third-order valence-electron chi connectivity index (χ3n) is 2.68. The van der Waals surface area contributed by atoms with Gasteiger partial charge in [-0.2, -0.15) is 0 Å². The fourth-order valence-electron chi connectivity index (χ4n) is 1.83. The molecule has 0 atom stereocenters. The van der Waals surface area contributed by atoms with Crippen LogP contribution >= 0.6 is 11.3 Å². The van der Waals surface area contributed by atoms with Crippen molar-refractivity contribution in [3.63, 3.8) is 0 Å². The summed E-state index contributed by atoms with van der Waals surface area (Å²) in [6.45, 7) is 1.67. The van der Waals surface area contributed by atoms with E-state index in [0.717, 1.165) is 4.90 Å². The van der Waals surface area contributed by atoms with Crippen molar-refractivity contribution in [3.05, 3.63) is 33.7 Å². The zero-order valence-corrected chi connectivity index (χ0v) is 11.6. The van der Waals surface area contributed by atoms with Gasteiger partial charge in [-0.05, 0) is 6.42 Å². The third-order valence-corrected chi connectivity index (χ3v) is 3.45. The minimum absolute atomic E-state index is 0.115. The van der Waals surface area contributed by atoms with Crippen LogP contribution in [0.3, 0.4) is 0 Å². The number of aliphatic carboxylic acids is 1. The molecule has 0 bridgehead atoms. The number of carboxylic acid groups (broad SMARTS) is 1. The Bertz CT molecular complexity index is 706. The minimum atomic E-state index is -1.11. The van der Waals surface area contributed by atoms with E-state index in [1.54, 1.807) is 5.38 Å². The summed E-state index contributed by atoms with van der Waals surface area (Å²) < 4.78 is 1.28. The van der Waals surface area contributed by atoms with Crippen LogP contribution in [0.25, 0.3) is 4.96 Å². The van der Waals surface area contributed by atoms with Gasteiger partial charge in [0.05, 0.1) is 0 Å². The molecule has 1 amide bonds. The quantitative estimate of drug-likeness (QED) is 0.876. The number of carbonyl (C=O) groups excluding carboxylic acids is 1. The highest BCUT2D eigenvalue weighted by Crippen LogP contribution is 2.07. The van der Waals surface area contributed by atoms with Gasteiger partial charge in [-0.3, -0.25) is 18.8 Å². The van der Waals surface area contributed by atoms with Gasteiger partial charge in [0.15, 0.2) is 4.96 Å². The van der Waals surface area contributed by atoms with E-state index in [9.17, 15) is 14.4 Å². The molecule has 2 rings (SSSR count). The summed E-state index contributed by atoms with van der Waals surface area (Å²) in [7, 11) is 0. The Morgan fingerprint density at radius 2 is 2.25 bits per heavy atom. The van der Waals surface area contributed by atoms with Crippen molar-refractivity contribution in [2.75, 3.05) is 13.1 Å². The van der Waals surface area contributed by atoms with Crippen LogP contribution in [-0.4, -0.2) is 44.4 Å². The lowest BCUT2D eigenvalue weighted by atomic mass is 10.2. The van der Waals surface area contributed by atoms with Crippen LogP contribution in [0.2, 0.25) is 0 Å². The van der Waals surface area contributed by atoms with E-state index in [0.29, 0.717) is 11.4 Å². The maximum Gasteiger partial charge on any atom is 0.323 e. The number of nitrogens with zero attached hydrogens (tertiary/aromatic N) is 3. The standard InChI is InChI=1S/C12H13N3O4S/c1-2-3-14(7-9(16)17)10(18)8-6-13-12-15(11(8)19)4-5-20-12/h4-6H,2-3,7H2,1H3,(H,16,17). The van der Waals surface area contributed by atoms with Gasteiger partial charge in [0.1, 0.15) is 12.1 Å². The molecule has 0 radical (unpaired) electrons. The Labute approximate surface area is 118 Å². The Balaban J connectivity index is 2.40.